The number of rotatable bonds is 11. The Labute approximate surface area is 234 Å². The molecule has 1 unspecified atom stereocenters. The van der Waals surface area contributed by atoms with E-state index in [4.69, 9.17) is 18.9 Å². The van der Waals surface area contributed by atoms with Gasteiger partial charge in [0.1, 0.15) is 24.7 Å². The van der Waals surface area contributed by atoms with Gasteiger partial charge in [-0.15, -0.1) is 0 Å². The lowest BCUT2D eigenvalue weighted by atomic mass is 10.1. The van der Waals surface area contributed by atoms with Gasteiger partial charge in [-0.1, -0.05) is 72.8 Å². The molecular weight excluding hydrogens is 506 g/mol. The monoisotopic (exact) mass is 541 g/mol. The Kier molecular flexibility index (Phi) is 9.16. The van der Waals surface area contributed by atoms with E-state index in [1.54, 1.807) is 6.92 Å². The third-order valence-electron chi connectivity index (χ3n) is 6.91. The second-order valence-corrected chi connectivity index (χ2v) is 9.77. The van der Waals surface area contributed by atoms with Crippen LogP contribution in [0.15, 0.2) is 89.7 Å². The molecule has 5 rings (SSSR count). The molecule has 7 heteroatoms. The van der Waals surface area contributed by atoms with Crippen LogP contribution in [0.2, 0.25) is 0 Å². The molecule has 2 heterocycles. The summed E-state index contributed by atoms with van der Waals surface area (Å²) in [6.45, 7) is 2.92. The molecule has 1 fully saturated rings. The van der Waals surface area contributed by atoms with Crippen molar-refractivity contribution in [3.05, 3.63) is 112 Å². The summed E-state index contributed by atoms with van der Waals surface area (Å²) in [6.07, 6.45) is 2.22. The molecule has 4 aromatic rings. The molecule has 1 N–H and O–H groups in total. The maximum Gasteiger partial charge on any atom is 0.230 e. The van der Waals surface area contributed by atoms with Crippen LogP contribution >= 0.6 is 0 Å². The van der Waals surface area contributed by atoms with Gasteiger partial charge in [-0.2, -0.15) is 0 Å². The van der Waals surface area contributed by atoms with Gasteiger partial charge in [0.05, 0.1) is 18.8 Å². The lowest BCUT2D eigenvalue weighted by molar-refractivity contribution is -0.109. The number of hydrogen-bond acceptors (Lipinski definition) is 6. The highest BCUT2D eigenvalue weighted by molar-refractivity contribution is 5.74. The third-order valence-corrected chi connectivity index (χ3v) is 6.91. The van der Waals surface area contributed by atoms with Gasteiger partial charge in [0, 0.05) is 18.5 Å². The molecule has 0 bridgehead atoms. The van der Waals surface area contributed by atoms with Crippen molar-refractivity contribution in [2.45, 2.75) is 52.2 Å². The zero-order valence-electron chi connectivity index (χ0n) is 22.8. The van der Waals surface area contributed by atoms with Crippen LogP contribution in [0.5, 0.6) is 17.4 Å². The molecule has 1 aliphatic heterocycles. The van der Waals surface area contributed by atoms with Crippen LogP contribution in [-0.4, -0.2) is 29.2 Å². The lowest BCUT2D eigenvalue weighted by Crippen LogP contribution is -2.29. The van der Waals surface area contributed by atoms with Crippen LogP contribution in [-0.2, 0) is 24.5 Å². The van der Waals surface area contributed by atoms with Crippen molar-refractivity contribution in [2.24, 2.45) is 0 Å². The minimum absolute atomic E-state index is 0.164. The number of aromatic nitrogens is 1. The quantitative estimate of drug-likeness (QED) is 0.256. The van der Waals surface area contributed by atoms with Crippen LogP contribution in [0.25, 0.3) is 11.3 Å². The maximum atomic E-state index is 13.9. The van der Waals surface area contributed by atoms with Crippen molar-refractivity contribution in [1.29, 1.82) is 0 Å². The first-order chi connectivity index (χ1) is 19.7. The largest absolute Gasteiger partial charge is 0.488 e. The Hall–Kier alpha value is -4.07. The minimum atomic E-state index is -0.467. The second-order valence-electron chi connectivity index (χ2n) is 9.77. The van der Waals surface area contributed by atoms with E-state index in [-0.39, 0.29) is 30.9 Å². The summed E-state index contributed by atoms with van der Waals surface area (Å²) in [5, 5.41) is 10.1. The number of pyridine rings is 1. The molecule has 3 aromatic carbocycles. The van der Waals surface area contributed by atoms with E-state index in [9.17, 15) is 9.90 Å². The van der Waals surface area contributed by atoms with Crippen molar-refractivity contribution in [2.75, 3.05) is 13.2 Å². The molecule has 0 saturated carbocycles. The predicted octanol–water partition coefficient (Wildman–Crippen LogP) is 5.88. The number of hydrogen-bond donors (Lipinski definition) is 1. The fourth-order valence-corrected chi connectivity index (χ4v) is 4.85. The minimum Gasteiger partial charge on any atom is -0.488 e. The summed E-state index contributed by atoms with van der Waals surface area (Å²) >= 11 is 0. The highest BCUT2D eigenvalue weighted by Gasteiger charge is 2.27. The first kappa shape index (κ1) is 27.5. The number of aliphatic hydroxyl groups excluding tert-OH is 1. The number of para-hydroxylation sites is 1. The molecule has 40 heavy (non-hydrogen) atoms. The fraction of sp³-hybridized carbons (Fsp3) is 0.303. The maximum absolute atomic E-state index is 13.9. The molecule has 0 spiro atoms. The van der Waals surface area contributed by atoms with Gasteiger partial charge in [-0.3, -0.25) is 4.79 Å². The van der Waals surface area contributed by atoms with Gasteiger partial charge < -0.3 is 28.6 Å². The Morgan fingerprint density at radius 2 is 1.52 bits per heavy atom. The summed E-state index contributed by atoms with van der Waals surface area (Å²) in [7, 11) is 0. The van der Waals surface area contributed by atoms with Crippen LogP contribution in [0, 0.1) is 6.92 Å². The SMILES string of the molecule is Cc1c(OC2CCCCO2)n(CCO)c(-c2ccccc2OCc2ccccc2)c(OCc2ccccc2)c1=O. The van der Waals surface area contributed by atoms with E-state index in [0.717, 1.165) is 30.4 Å². The van der Waals surface area contributed by atoms with Gasteiger partial charge in [0.2, 0.25) is 17.6 Å². The zero-order valence-corrected chi connectivity index (χ0v) is 22.8. The predicted molar refractivity (Wildman–Crippen MR) is 154 cm³/mol. The van der Waals surface area contributed by atoms with Crippen LogP contribution in [0.4, 0.5) is 0 Å². The molecule has 1 atom stereocenters. The molecule has 0 amide bonds. The Bertz CT molecular complexity index is 1450. The fourth-order valence-electron chi connectivity index (χ4n) is 4.85. The first-order valence-electron chi connectivity index (χ1n) is 13.7. The van der Waals surface area contributed by atoms with Gasteiger partial charge in [0.15, 0.2) is 5.75 Å². The van der Waals surface area contributed by atoms with E-state index < -0.39 is 6.29 Å². The summed E-state index contributed by atoms with van der Waals surface area (Å²) < 4.78 is 26.6. The molecule has 1 saturated heterocycles. The molecule has 1 aliphatic rings. The van der Waals surface area contributed by atoms with E-state index in [2.05, 4.69) is 0 Å². The van der Waals surface area contributed by atoms with E-state index in [1.807, 2.05) is 89.5 Å². The Morgan fingerprint density at radius 3 is 2.17 bits per heavy atom. The number of nitrogens with zero attached hydrogens (tertiary/aromatic N) is 1. The van der Waals surface area contributed by atoms with Crippen LogP contribution < -0.4 is 19.6 Å². The van der Waals surface area contributed by atoms with Crippen molar-refractivity contribution in [3.63, 3.8) is 0 Å². The summed E-state index contributed by atoms with van der Waals surface area (Å²) in [5.41, 5.74) is 3.24. The molecular formula is C33H35NO6. The van der Waals surface area contributed by atoms with Crippen LogP contribution in [0.1, 0.15) is 36.0 Å². The second kappa shape index (κ2) is 13.3. The van der Waals surface area contributed by atoms with Crippen molar-refractivity contribution in [1.82, 2.24) is 4.57 Å². The van der Waals surface area contributed by atoms with Gasteiger partial charge in [-0.05, 0) is 43.0 Å². The summed E-state index contributed by atoms with van der Waals surface area (Å²) in [4.78, 5) is 13.9. The Morgan fingerprint density at radius 1 is 0.875 bits per heavy atom. The van der Waals surface area contributed by atoms with Crippen molar-refractivity contribution < 1.29 is 24.1 Å². The number of aliphatic hydroxyl groups is 1. The highest BCUT2D eigenvalue weighted by Crippen LogP contribution is 2.39. The lowest BCUT2D eigenvalue weighted by Gasteiger charge is -2.28. The number of ether oxygens (including phenoxy) is 4. The van der Waals surface area contributed by atoms with E-state index >= 15 is 0 Å². The highest BCUT2D eigenvalue weighted by atomic mass is 16.7. The number of benzene rings is 3. The Balaban J connectivity index is 1.63. The van der Waals surface area contributed by atoms with Gasteiger partial charge in [-0.25, -0.2) is 0 Å². The third kappa shape index (κ3) is 6.38. The van der Waals surface area contributed by atoms with Gasteiger partial charge >= 0.3 is 0 Å². The normalized spacial score (nSPS) is 15.0. The summed E-state index contributed by atoms with van der Waals surface area (Å²) in [5.74, 6) is 1.14. The average molecular weight is 542 g/mol. The van der Waals surface area contributed by atoms with Crippen molar-refractivity contribution >= 4 is 0 Å². The standard InChI is InChI=1S/C33H35NO6/c1-24-31(36)32(39-23-26-14-6-3-7-15-26)30(34(19-20-35)33(24)40-29-18-10-11-21-37-29)27-16-8-9-17-28(27)38-22-25-12-4-2-5-13-25/h2-9,12-17,29,35H,10-11,18-23H2,1H3. The van der Waals surface area contributed by atoms with Crippen molar-refractivity contribution in [3.8, 4) is 28.6 Å². The molecule has 1 aromatic heterocycles. The van der Waals surface area contributed by atoms with E-state index in [0.29, 0.717) is 41.7 Å². The topological polar surface area (TPSA) is 79.2 Å². The average Bonchev–Trinajstić information content (AvgIpc) is 3.01. The zero-order chi connectivity index (χ0) is 27.7. The first-order valence-corrected chi connectivity index (χ1v) is 13.7. The molecule has 0 aliphatic carbocycles. The summed E-state index contributed by atoms with van der Waals surface area (Å²) in [6, 6.07) is 27.2. The van der Waals surface area contributed by atoms with Crippen LogP contribution in [0.3, 0.4) is 0 Å². The van der Waals surface area contributed by atoms with E-state index in [1.165, 1.54) is 0 Å². The smallest absolute Gasteiger partial charge is 0.230 e. The molecule has 208 valence electrons. The van der Waals surface area contributed by atoms with Gasteiger partial charge in [0.25, 0.3) is 0 Å². The molecule has 0 radical (unpaired) electrons. The molecule has 7 nitrogen and oxygen atoms in total.